The molecule has 4 aliphatic rings. The van der Waals surface area contributed by atoms with Gasteiger partial charge in [0.1, 0.15) is 51.9 Å². The van der Waals surface area contributed by atoms with Crippen LogP contribution in [-0.2, 0) is 26.2 Å². The minimum absolute atomic E-state index is 0.0394. The second-order valence-electron chi connectivity index (χ2n) is 30.5. The Bertz CT molecular complexity index is 6190. The van der Waals surface area contributed by atoms with E-state index in [2.05, 4.69) is 104 Å². The number of benzene rings is 4. The smallest absolute Gasteiger partial charge is 0.276 e. The highest BCUT2D eigenvalue weighted by molar-refractivity contribution is 6.09. The maximum atomic E-state index is 13.2. The van der Waals surface area contributed by atoms with Crippen LogP contribution in [0.4, 0.5) is 35.2 Å². The second-order valence-corrected chi connectivity index (χ2v) is 30.5. The number of primary amides is 4. The summed E-state index contributed by atoms with van der Waals surface area (Å²) in [4.78, 5) is 123. The summed E-state index contributed by atoms with van der Waals surface area (Å²) in [5.41, 5.74) is 35.7. The number of amides is 8. The molecule has 36 nitrogen and oxygen atoms in total. The van der Waals surface area contributed by atoms with Crippen molar-refractivity contribution in [2.24, 2.45) is 22.9 Å². The summed E-state index contributed by atoms with van der Waals surface area (Å²) in [6, 6.07) is 20.5. The number of rotatable bonds is 27. The van der Waals surface area contributed by atoms with Crippen LogP contribution in [0.2, 0.25) is 0 Å². The first-order valence-electron chi connectivity index (χ1n) is 41.1. The summed E-state index contributed by atoms with van der Waals surface area (Å²) < 4.78 is 26.4. The maximum absolute atomic E-state index is 13.2. The minimum atomic E-state index is -0.567. The van der Waals surface area contributed by atoms with Crippen molar-refractivity contribution in [3.05, 3.63) is 191 Å². The molecule has 0 aliphatic carbocycles. The van der Waals surface area contributed by atoms with Crippen LogP contribution in [0.15, 0.2) is 123 Å². The molecule has 4 aliphatic heterocycles. The quantitative estimate of drug-likeness (QED) is 0.0222. The summed E-state index contributed by atoms with van der Waals surface area (Å²) in [5.74, 6) is -0.615. The van der Waals surface area contributed by atoms with E-state index in [-0.39, 0.29) is 47.8 Å². The molecule has 0 fully saturated rings. The molecule has 0 spiro atoms. The summed E-state index contributed by atoms with van der Waals surface area (Å²) in [6.07, 6.45) is 13.9. The molecule has 0 saturated carbocycles. The molecule has 16 rings (SSSR count). The molecule has 0 bridgehead atoms. The summed E-state index contributed by atoms with van der Waals surface area (Å²) in [7, 11) is 1.97. The van der Waals surface area contributed by atoms with Crippen molar-refractivity contribution < 1.29 is 47.8 Å². The summed E-state index contributed by atoms with van der Waals surface area (Å²) in [6.45, 7) is 38.3. The monoisotopic (exact) mass is 1670 g/mol. The average Bonchev–Trinajstić information content (AvgIpc) is 1.62. The average molecular weight is 1670 g/mol. The van der Waals surface area contributed by atoms with Gasteiger partial charge in [0.05, 0.1) is 92.0 Å². The van der Waals surface area contributed by atoms with Gasteiger partial charge in [0.15, 0.2) is 0 Å². The van der Waals surface area contributed by atoms with E-state index in [0.29, 0.717) is 173 Å². The third-order valence-corrected chi connectivity index (χ3v) is 21.8. The SMILES string of the molecule is C=CCC1CCCOc2cc(C(N)=O)cc3nc(NC(=O)c4cc(C)nn4CC)n1c23.C=CC[C@H]1CN(C)c2cc(C(N)=O)cc3nc(NC(=O)c4cc(C)nn4CC)n1c23.C=CC[C@H]1CN(CCCC)c2cc(C(N)=O)cc3nc(NC(=O)c4cc(C)nn4CC)n1c23.C=CC[C@H]1COc2cc(C(N)=O)cc3nc(NC(=O)c4cc(C)nn4CC)n1c23. The number of imidazole rings is 4. The standard InChI is InChI=1S/C24H31N7O2.C22H26N6O3.C21H25N7O2.C20H22N6O3/c1-5-8-10-29-14-17(9-6-2)31-21-18(12-16(22(25)32)13-19(21)29)26-24(31)27-23(33)20-11-15(4)28-30(20)7-3;1-4-7-15-8-6-9-31-18-12-14(20(23)29)11-16-19(18)28(15)22(24-16)25-21(30)17-10-13(3)26-27(17)5-2;1-5-7-14-11-26(4)16-10-13(19(22)29)9-15-18(16)28(14)21(23-15)24-20(30)17-8-12(3)25-27(17)6-2;1-4-6-13-10-29-16-9-12(18(21)27)8-14-17(16)26(13)20(22-14)23-19(28)15-7-11(3)24-25(15)5-2/h6,11-13,17H,2,5,7-10,14H2,1,3-4H3,(H2,25,32)(H,26,27,33);4,10-12,15H,1,5-9H2,2-3H3,(H2,23,29)(H,24,25,30);5,8-10,14H,1,6-7,11H2,2-4H3,(H2,22,29)(H,23,24,30);4,7-9,13H,1,5-6,10H2,2-3H3,(H2,21,27)(H,22,23,28)/t17-;;14-;13-/m0.00/s1. The number of unbranched alkanes of at least 4 members (excludes halogenated alkanes) is 1. The predicted octanol–water partition coefficient (Wildman–Crippen LogP) is 11.8. The van der Waals surface area contributed by atoms with Gasteiger partial charge < -0.3 is 55.9 Å². The number of nitrogens with two attached hydrogens (primary N) is 4. The van der Waals surface area contributed by atoms with Gasteiger partial charge >= 0.3 is 0 Å². The largest absolute Gasteiger partial charge is 0.491 e. The van der Waals surface area contributed by atoms with E-state index in [4.69, 9.17) is 37.4 Å². The number of nitrogens with one attached hydrogen (secondary N) is 4. The molecular formula is C87H104N26O10. The van der Waals surface area contributed by atoms with Gasteiger partial charge in [0, 0.05) is 81.2 Å². The van der Waals surface area contributed by atoms with E-state index in [9.17, 15) is 38.4 Å². The van der Waals surface area contributed by atoms with Crippen molar-refractivity contribution in [3.63, 3.8) is 0 Å². The lowest BCUT2D eigenvalue weighted by molar-refractivity contribution is 0.0991. The fraction of sp³-hybridized carbons (Fsp3) is 0.356. The number of aryl methyl sites for hydroxylation is 8. The van der Waals surface area contributed by atoms with Crippen LogP contribution in [-0.4, -0.2) is 164 Å². The van der Waals surface area contributed by atoms with E-state index >= 15 is 0 Å². The van der Waals surface area contributed by atoms with E-state index in [1.807, 2.05) is 100 Å². The summed E-state index contributed by atoms with van der Waals surface area (Å²) in [5, 5.41) is 29.2. The molecule has 12 aromatic rings. The Kier molecular flexibility index (Phi) is 25.7. The van der Waals surface area contributed by atoms with Crippen molar-refractivity contribution in [1.29, 1.82) is 0 Å². The zero-order valence-corrected chi connectivity index (χ0v) is 70.8. The molecular weight excluding hydrogens is 1570 g/mol. The van der Waals surface area contributed by atoms with Crippen LogP contribution >= 0.6 is 0 Å². The number of ether oxygens (including phenoxy) is 2. The molecule has 123 heavy (non-hydrogen) atoms. The normalized spacial score (nSPS) is 15.4. The zero-order chi connectivity index (χ0) is 88.1. The molecule has 12 heterocycles. The molecule has 1 unspecified atom stereocenters. The molecule has 0 radical (unpaired) electrons. The number of allylic oxidation sites excluding steroid dienone is 4. The van der Waals surface area contributed by atoms with Gasteiger partial charge in [-0.2, -0.15) is 20.4 Å². The predicted molar refractivity (Wildman–Crippen MR) is 471 cm³/mol. The minimum Gasteiger partial charge on any atom is -0.491 e. The first-order valence-corrected chi connectivity index (χ1v) is 41.1. The van der Waals surface area contributed by atoms with Crippen LogP contribution in [0.5, 0.6) is 11.5 Å². The van der Waals surface area contributed by atoms with Gasteiger partial charge in [0.2, 0.25) is 47.4 Å². The third kappa shape index (κ3) is 17.5. The van der Waals surface area contributed by atoms with Gasteiger partial charge in [-0.25, -0.2) is 19.9 Å². The van der Waals surface area contributed by atoms with E-state index in [0.717, 1.165) is 95.9 Å². The highest BCUT2D eigenvalue weighted by Gasteiger charge is 2.36. The molecule has 0 saturated heterocycles. The Morgan fingerprint density at radius 1 is 0.423 bits per heavy atom. The lowest BCUT2D eigenvalue weighted by atomic mass is 10.0. The van der Waals surface area contributed by atoms with Gasteiger partial charge in [-0.15, -0.1) is 26.3 Å². The van der Waals surface area contributed by atoms with Gasteiger partial charge in [-0.05, 0) is 173 Å². The Morgan fingerprint density at radius 3 is 1.12 bits per heavy atom. The van der Waals surface area contributed by atoms with E-state index < -0.39 is 23.6 Å². The van der Waals surface area contributed by atoms with Crippen LogP contribution < -0.4 is 63.5 Å². The van der Waals surface area contributed by atoms with Crippen LogP contribution in [0.1, 0.15) is 216 Å². The van der Waals surface area contributed by atoms with Crippen molar-refractivity contribution in [1.82, 2.24) is 77.3 Å². The first kappa shape index (κ1) is 86.4. The van der Waals surface area contributed by atoms with Crippen molar-refractivity contribution >= 4 is 127 Å². The summed E-state index contributed by atoms with van der Waals surface area (Å²) >= 11 is 0. The topological polar surface area (TPSA) is 456 Å². The number of likely N-dealkylation sites (N-methyl/N-ethyl adjacent to an activating group) is 1. The maximum Gasteiger partial charge on any atom is 0.276 e. The zero-order valence-electron chi connectivity index (χ0n) is 70.8. The lowest BCUT2D eigenvalue weighted by Gasteiger charge is -2.36. The fourth-order valence-electron chi connectivity index (χ4n) is 16.4. The number of hydrogen-bond acceptors (Lipinski definition) is 20. The Hall–Kier alpha value is -14.5. The molecule has 4 aromatic carbocycles. The second kappa shape index (κ2) is 36.6. The highest BCUT2D eigenvalue weighted by Crippen LogP contribution is 2.44. The molecule has 36 heteroatoms. The number of hydrogen-bond donors (Lipinski definition) is 8. The number of carbonyl (C=O) groups is 8. The highest BCUT2D eigenvalue weighted by atomic mass is 16.5. The molecule has 642 valence electrons. The number of aromatic nitrogens is 16. The van der Waals surface area contributed by atoms with Crippen molar-refractivity contribution in [2.75, 3.05) is 71.0 Å². The Morgan fingerprint density at radius 2 is 0.748 bits per heavy atom. The number of carbonyl (C=O) groups excluding carboxylic acids is 8. The number of nitrogens with zero attached hydrogens (tertiary/aromatic N) is 18. The van der Waals surface area contributed by atoms with Crippen LogP contribution in [0.25, 0.3) is 44.1 Å². The van der Waals surface area contributed by atoms with Gasteiger partial charge in [0.25, 0.3) is 23.6 Å². The van der Waals surface area contributed by atoms with Crippen LogP contribution in [0, 0.1) is 27.7 Å². The van der Waals surface area contributed by atoms with E-state index in [1.54, 1.807) is 91.5 Å². The molecule has 4 atom stereocenters. The van der Waals surface area contributed by atoms with Crippen molar-refractivity contribution in [2.45, 2.75) is 164 Å². The number of anilines is 6. The third-order valence-electron chi connectivity index (χ3n) is 21.8. The Balaban J connectivity index is 0.000000141. The van der Waals surface area contributed by atoms with E-state index in [1.165, 1.54) is 0 Å². The van der Waals surface area contributed by atoms with Gasteiger partial charge in [-0.3, -0.25) is 82.9 Å². The van der Waals surface area contributed by atoms with Gasteiger partial charge in [-0.1, -0.05) is 37.6 Å². The molecule has 8 amide bonds. The fourth-order valence-corrected chi connectivity index (χ4v) is 16.4. The molecule has 8 aromatic heterocycles. The Labute approximate surface area is 709 Å². The van der Waals surface area contributed by atoms with Crippen molar-refractivity contribution in [3.8, 4) is 11.5 Å². The first-order chi connectivity index (χ1) is 59.0. The van der Waals surface area contributed by atoms with Crippen LogP contribution in [0.3, 0.4) is 0 Å². The molecule has 12 N–H and O–H groups in total. The lowest BCUT2D eigenvalue weighted by Crippen LogP contribution is -2.36.